The van der Waals surface area contributed by atoms with Crippen LogP contribution in [-0.2, 0) is 6.54 Å². The van der Waals surface area contributed by atoms with Gasteiger partial charge in [-0.1, -0.05) is 35.0 Å². The van der Waals surface area contributed by atoms with Crippen LogP contribution < -0.4 is 5.32 Å². The first-order valence-electron chi connectivity index (χ1n) is 7.40. The van der Waals surface area contributed by atoms with Crippen molar-refractivity contribution in [2.24, 2.45) is 0 Å². The molecule has 0 atom stereocenters. The molecule has 0 unspecified atom stereocenters. The first-order chi connectivity index (χ1) is 12.0. The maximum Gasteiger partial charge on any atom is 0.257 e. The van der Waals surface area contributed by atoms with Gasteiger partial charge in [0, 0.05) is 23.7 Å². The van der Waals surface area contributed by atoms with Crippen molar-refractivity contribution in [2.45, 2.75) is 13.5 Å². The van der Waals surface area contributed by atoms with Crippen molar-refractivity contribution in [3.8, 4) is 11.3 Å². The number of nitrogens with one attached hydrogen (secondary N) is 1. The summed E-state index contributed by atoms with van der Waals surface area (Å²) in [6, 6.07) is 10.1. The van der Waals surface area contributed by atoms with Crippen LogP contribution in [0.5, 0.6) is 0 Å². The molecule has 1 heterocycles. The van der Waals surface area contributed by atoms with Gasteiger partial charge in [0.1, 0.15) is 17.2 Å². The molecule has 3 aromatic rings. The Balaban J connectivity index is 1.86. The predicted octanol–water partition coefficient (Wildman–Crippen LogP) is 4.51. The lowest BCUT2D eigenvalue weighted by Gasteiger charge is -2.07. The molecule has 0 spiro atoms. The molecule has 1 amide bonds. The van der Waals surface area contributed by atoms with E-state index in [1.54, 1.807) is 31.2 Å². The minimum atomic E-state index is -0.728. The zero-order valence-corrected chi connectivity index (χ0v) is 13.9. The second-order valence-electron chi connectivity index (χ2n) is 5.37. The highest BCUT2D eigenvalue weighted by Gasteiger charge is 2.23. The molecule has 7 heteroatoms. The topological polar surface area (TPSA) is 55.1 Å². The van der Waals surface area contributed by atoms with Crippen LogP contribution in [0.4, 0.5) is 8.78 Å². The maximum absolute atomic E-state index is 13.7. The highest BCUT2D eigenvalue weighted by atomic mass is 35.5. The Morgan fingerprint density at radius 1 is 1.24 bits per heavy atom. The predicted molar refractivity (Wildman–Crippen MR) is 89.2 cm³/mol. The van der Waals surface area contributed by atoms with E-state index in [1.165, 1.54) is 6.07 Å². The highest BCUT2D eigenvalue weighted by Crippen LogP contribution is 2.31. The Labute approximate surface area is 147 Å². The van der Waals surface area contributed by atoms with Gasteiger partial charge in [0.2, 0.25) is 0 Å². The Hall–Kier alpha value is -2.73. The molecule has 0 aliphatic rings. The number of aromatic nitrogens is 1. The van der Waals surface area contributed by atoms with E-state index in [0.29, 0.717) is 16.3 Å². The van der Waals surface area contributed by atoms with E-state index >= 15 is 0 Å². The molecule has 0 fully saturated rings. The third-order valence-corrected chi connectivity index (χ3v) is 3.99. The summed E-state index contributed by atoms with van der Waals surface area (Å²) in [5, 5.41) is 6.82. The average Bonchev–Trinajstić information content (AvgIpc) is 2.96. The number of halogens is 3. The zero-order chi connectivity index (χ0) is 18.0. The van der Waals surface area contributed by atoms with Gasteiger partial charge < -0.3 is 9.84 Å². The Morgan fingerprint density at radius 3 is 2.72 bits per heavy atom. The summed E-state index contributed by atoms with van der Waals surface area (Å²) in [4.78, 5) is 12.5. The number of carbonyl (C=O) groups excluding carboxylic acids is 1. The van der Waals surface area contributed by atoms with E-state index in [1.807, 2.05) is 0 Å². The summed E-state index contributed by atoms with van der Waals surface area (Å²) in [7, 11) is 0. The summed E-state index contributed by atoms with van der Waals surface area (Å²) >= 11 is 6.15. The molecular weight excluding hydrogens is 350 g/mol. The van der Waals surface area contributed by atoms with Crippen molar-refractivity contribution in [3.63, 3.8) is 0 Å². The van der Waals surface area contributed by atoms with Crippen LogP contribution in [0.2, 0.25) is 5.02 Å². The standard InChI is InChI=1S/C18H13ClF2N2O2/c1-10-16(17(25-23-10)13-4-2-3-5-14(13)19)18(24)22-9-11-6-7-12(20)8-15(11)21/h2-8H,9H2,1H3,(H,22,24). The van der Waals surface area contributed by atoms with Crippen molar-refractivity contribution in [1.82, 2.24) is 10.5 Å². The maximum atomic E-state index is 13.7. The number of rotatable bonds is 4. The fourth-order valence-corrected chi connectivity index (χ4v) is 2.62. The van der Waals surface area contributed by atoms with Crippen molar-refractivity contribution in [3.05, 3.63) is 75.9 Å². The van der Waals surface area contributed by atoms with E-state index in [2.05, 4.69) is 10.5 Å². The molecule has 0 bridgehead atoms. The van der Waals surface area contributed by atoms with Crippen molar-refractivity contribution in [1.29, 1.82) is 0 Å². The van der Waals surface area contributed by atoms with E-state index < -0.39 is 17.5 Å². The van der Waals surface area contributed by atoms with E-state index in [0.717, 1.165) is 12.1 Å². The minimum Gasteiger partial charge on any atom is -0.355 e. The first kappa shape index (κ1) is 17.1. The Morgan fingerprint density at radius 2 is 2.00 bits per heavy atom. The molecule has 4 nitrogen and oxygen atoms in total. The van der Waals surface area contributed by atoms with Crippen LogP contribution in [-0.4, -0.2) is 11.1 Å². The first-order valence-corrected chi connectivity index (χ1v) is 7.78. The fourth-order valence-electron chi connectivity index (χ4n) is 2.40. The van der Waals surface area contributed by atoms with Gasteiger partial charge in [-0.3, -0.25) is 4.79 Å². The van der Waals surface area contributed by atoms with Gasteiger partial charge >= 0.3 is 0 Å². The molecule has 0 saturated carbocycles. The number of benzene rings is 2. The van der Waals surface area contributed by atoms with Gasteiger partial charge in [-0.2, -0.15) is 0 Å². The molecular formula is C18H13ClF2N2O2. The van der Waals surface area contributed by atoms with Crippen LogP contribution in [0.1, 0.15) is 21.6 Å². The quantitative estimate of drug-likeness (QED) is 0.742. The second-order valence-corrected chi connectivity index (χ2v) is 5.78. The number of hydrogen-bond donors (Lipinski definition) is 1. The van der Waals surface area contributed by atoms with E-state index in [4.69, 9.17) is 16.1 Å². The van der Waals surface area contributed by atoms with Crippen LogP contribution in [0.25, 0.3) is 11.3 Å². The second kappa shape index (κ2) is 7.03. The molecule has 2 aromatic carbocycles. The number of carbonyl (C=O) groups is 1. The van der Waals surface area contributed by atoms with Crippen molar-refractivity contribution < 1.29 is 18.1 Å². The van der Waals surface area contributed by atoms with Crippen molar-refractivity contribution in [2.75, 3.05) is 0 Å². The van der Waals surface area contributed by atoms with Crippen molar-refractivity contribution >= 4 is 17.5 Å². The monoisotopic (exact) mass is 362 g/mol. The zero-order valence-electron chi connectivity index (χ0n) is 13.1. The molecule has 0 radical (unpaired) electrons. The number of aryl methyl sites for hydroxylation is 1. The summed E-state index contributed by atoms with van der Waals surface area (Å²) in [6.07, 6.45) is 0. The van der Waals surface area contributed by atoms with E-state index in [-0.39, 0.29) is 23.4 Å². The smallest absolute Gasteiger partial charge is 0.257 e. The van der Waals surface area contributed by atoms with Crippen LogP contribution in [0, 0.1) is 18.6 Å². The normalized spacial score (nSPS) is 10.7. The SMILES string of the molecule is Cc1noc(-c2ccccc2Cl)c1C(=O)NCc1ccc(F)cc1F. The third kappa shape index (κ3) is 3.53. The van der Waals surface area contributed by atoms with E-state index in [9.17, 15) is 13.6 Å². The van der Waals surface area contributed by atoms with Gasteiger partial charge in [0.05, 0.1) is 10.7 Å². The van der Waals surface area contributed by atoms with Crippen LogP contribution in [0.3, 0.4) is 0 Å². The number of hydrogen-bond acceptors (Lipinski definition) is 3. The average molecular weight is 363 g/mol. The Bertz CT molecular complexity index is 941. The summed E-state index contributed by atoms with van der Waals surface area (Å²) in [5.74, 6) is -1.66. The van der Waals surface area contributed by atoms with Gasteiger partial charge in [0.15, 0.2) is 5.76 Å². The molecule has 0 saturated heterocycles. The molecule has 25 heavy (non-hydrogen) atoms. The minimum absolute atomic E-state index is 0.0997. The molecule has 128 valence electrons. The number of amides is 1. The lowest BCUT2D eigenvalue weighted by atomic mass is 10.1. The molecule has 3 rings (SSSR count). The summed E-state index contributed by atoms with van der Waals surface area (Å²) < 4.78 is 31.9. The van der Waals surface area contributed by atoms with Gasteiger partial charge in [-0.25, -0.2) is 8.78 Å². The summed E-state index contributed by atoms with van der Waals surface area (Å²) in [6.45, 7) is 1.52. The largest absolute Gasteiger partial charge is 0.355 e. The third-order valence-electron chi connectivity index (χ3n) is 3.66. The fraction of sp³-hybridized carbons (Fsp3) is 0.111. The molecule has 1 N–H and O–H groups in total. The highest BCUT2D eigenvalue weighted by molar-refractivity contribution is 6.33. The van der Waals surface area contributed by atoms with Crippen LogP contribution in [0.15, 0.2) is 47.0 Å². The molecule has 0 aliphatic heterocycles. The lowest BCUT2D eigenvalue weighted by Crippen LogP contribution is -2.24. The summed E-state index contributed by atoms with van der Waals surface area (Å²) in [5.41, 5.74) is 1.30. The number of nitrogens with zero attached hydrogens (tertiary/aromatic N) is 1. The van der Waals surface area contributed by atoms with Gasteiger partial charge in [0.25, 0.3) is 5.91 Å². The van der Waals surface area contributed by atoms with Gasteiger partial charge in [-0.05, 0) is 25.1 Å². The van der Waals surface area contributed by atoms with Gasteiger partial charge in [-0.15, -0.1) is 0 Å². The molecule has 1 aromatic heterocycles. The Kier molecular flexibility index (Phi) is 4.81. The lowest BCUT2D eigenvalue weighted by molar-refractivity contribution is 0.0950. The van der Waals surface area contributed by atoms with Crippen LogP contribution >= 0.6 is 11.6 Å². The molecule has 0 aliphatic carbocycles.